The van der Waals surface area contributed by atoms with Crippen LogP contribution in [0.1, 0.15) is 51.9 Å². The van der Waals surface area contributed by atoms with Crippen molar-refractivity contribution in [1.82, 2.24) is 4.90 Å². The topological polar surface area (TPSA) is 38.8 Å². The van der Waals surface area contributed by atoms with Crippen LogP contribution in [-0.4, -0.2) is 49.8 Å². The molecule has 0 aromatic rings. The molecule has 116 valence electrons. The number of hydrogen-bond donors (Lipinski definition) is 0. The van der Waals surface area contributed by atoms with Crippen LogP contribution in [0.25, 0.3) is 0 Å². The number of hydrogen-bond acceptors (Lipinski definition) is 4. The summed E-state index contributed by atoms with van der Waals surface area (Å²) in [5, 5.41) is 0. The molecule has 1 unspecified atom stereocenters. The predicted octanol–water partition coefficient (Wildman–Crippen LogP) is 2.61. The van der Waals surface area contributed by atoms with Gasteiger partial charge in [-0.25, -0.2) is 0 Å². The van der Waals surface area contributed by atoms with Gasteiger partial charge in [-0.1, -0.05) is 32.1 Å². The van der Waals surface area contributed by atoms with Crippen molar-refractivity contribution in [3.8, 4) is 0 Å². The van der Waals surface area contributed by atoms with Gasteiger partial charge < -0.3 is 9.47 Å². The van der Waals surface area contributed by atoms with Crippen molar-refractivity contribution in [3.63, 3.8) is 0 Å². The molecule has 1 saturated carbocycles. The molecule has 2 aliphatic rings. The molecule has 0 aromatic heterocycles. The van der Waals surface area contributed by atoms with Gasteiger partial charge in [0.05, 0.1) is 26.2 Å². The summed E-state index contributed by atoms with van der Waals surface area (Å²) in [6.45, 7) is 5.86. The van der Waals surface area contributed by atoms with Gasteiger partial charge >= 0.3 is 5.97 Å². The van der Waals surface area contributed by atoms with Crippen molar-refractivity contribution in [2.45, 2.75) is 57.9 Å². The van der Waals surface area contributed by atoms with Crippen molar-refractivity contribution in [3.05, 3.63) is 0 Å². The quantitative estimate of drug-likeness (QED) is 0.702. The minimum atomic E-state index is -0.0419. The Hall–Kier alpha value is -0.610. The zero-order valence-corrected chi connectivity index (χ0v) is 12.8. The lowest BCUT2D eigenvalue weighted by Gasteiger charge is -2.36. The van der Waals surface area contributed by atoms with Crippen molar-refractivity contribution >= 4 is 5.97 Å². The van der Waals surface area contributed by atoms with Crippen molar-refractivity contribution in [2.24, 2.45) is 5.92 Å². The van der Waals surface area contributed by atoms with E-state index in [-0.39, 0.29) is 5.97 Å². The number of carbonyl (C=O) groups excluding carboxylic acids is 1. The van der Waals surface area contributed by atoms with Crippen molar-refractivity contribution in [2.75, 3.05) is 32.9 Å². The molecule has 2 fully saturated rings. The standard InChI is InChI=1S/C16H29NO3/c1-2-20-16(18)13-15(17-8-10-19-11-9-17)12-14-6-4-3-5-7-14/h14-15H,2-13H2,1H3. The molecule has 0 bridgehead atoms. The van der Waals surface area contributed by atoms with E-state index in [4.69, 9.17) is 9.47 Å². The predicted molar refractivity (Wildman–Crippen MR) is 78.6 cm³/mol. The highest BCUT2D eigenvalue weighted by molar-refractivity contribution is 5.70. The van der Waals surface area contributed by atoms with E-state index in [1.807, 2.05) is 6.92 Å². The largest absolute Gasteiger partial charge is 0.466 e. The summed E-state index contributed by atoms with van der Waals surface area (Å²) in [7, 11) is 0. The van der Waals surface area contributed by atoms with E-state index in [1.54, 1.807) is 0 Å². The molecule has 1 heterocycles. The maximum atomic E-state index is 11.9. The van der Waals surface area contributed by atoms with Gasteiger partial charge in [-0.05, 0) is 19.3 Å². The van der Waals surface area contributed by atoms with Crippen LogP contribution in [0.5, 0.6) is 0 Å². The van der Waals surface area contributed by atoms with E-state index < -0.39 is 0 Å². The van der Waals surface area contributed by atoms with Gasteiger partial charge in [0.1, 0.15) is 0 Å². The summed E-state index contributed by atoms with van der Waals surface area (Å²) in [5.41, 5.74) is 0. The van der Waals surface area contributed by atoms with Crippen LogP contribution in [0.3, 0.4) is 0 Å². The average Bonchev–Trinajstić information content (AvgIpc) is 2.49. The minimum absolute atomic E-state index is 0.0419. The molecule has 1 aliphatic carbocycles. The van der Waals surface area contributed by atoms with Gasteiger partial charge in [-0.15, -0.1) is 0 Å². The first-order chi connectivity index (χ1) is 9.79. The normalized spacial score (nSPS) is 23.4. The summed E-state index contributed by atoms with van der Waals surface area (Å²) < 4.78 is 10.6. The molecule has 1 saturated heterocycles. The van der Waals surface area contributed by atoms with Crippen LogP contribution in [0, 0.1) is 5.92 Å². The Morgan fingerprint density at radius 1 is 1.25 bits per heavy atom. The van der Waals surface area contributed by atoms with Gasteiger partial charge in [0.15, 0.2) is 0 Å². The molecule has 0 radical (unpaired) electrons. The van der Waals surface area contributed by atoms with Gasteiger partial charge in [-0.3, -0.25) is 9.69 Å². The van der Waals surface area contributed by atoms with E-state index in [9.17, 15) is 4.79 Å². The first-order valence-corrected chi connectivity index (χ1v) is 8.27. The third-order valence-corrected chi connectivity index (χ3v) is 4.60. The molecule has 0 amide bonds. The molecule has 2 rings (SSSR count). The summed E-state index contributed by atoms with van der Waals surface area (Å²) >= 11 is 0. The van der Waals surface area contributed by atoms with E-state index in [1.165, 1.54) is 32.1 Å². The zero-order valence-electron chi connectivity index (χ0n) is 12.8. The van der Waals surface area contributed by atoms with Gasteiger partial charge in [0.2, 0.25) is 0 Å². The van der Waals surface area contributed by atoms with Gasteiger partial charge in [0.25, 0.3) is 0 Å². The Balaban J connectivity index is 1.88. The lowest BCUT2D eigenvalue weighted by atomic mass is 9.83. The number of rotatable bonds is 6. The second-order valence-electron chi connectivity index (χ2n) is 6.05. The van der Waals surface area contributed by atoms with Crippen LogP contribution >= 0.6 is 0 Å². The highest BCUT2D eigenvalue weighted by Gasteiger charge is 2.27. The van der Waals surface area contributed by atoms with Crippen molar-refractivity contribution < 1.29 is 14.3 Å². The van der Waals surface area contributed by atoms with Crippen LogP contribution < -0.4 is 0 Å². The fraction of sp³-hybridized carbons (Fsp3) is 0.938. The Morgan fingerprint density at radius 3 is 2.60 bits per heavy atom. The molecular weight excluding hydrogens is 254 g/mol. The van der Waals surface area contributed by atoms with Crippen LogP contribution in [0.4, 0.5) is 0 Å². The molecule has 0 aromatic carbocycles. The highest BCUT2D eigenvalue weighted by Crippen LogP contribution is 2.29. The zero-order chi connectivity index (χ0) is 14.2. The molecular formula is C16H29NO3. The molecule has 1 aliphatic heterocycles. The van der Waals surface area contributed by atoms with E-state index >= 15 is 0 Å². The van der Waals surface area contributed by atoms with Crippen LogP contribution in [0.15, 0.2) is 0 Å². The second-order valence-corrected chi connectivity index (χ2v) is 6.05. The fourth-order valence-corrected chi connectivity index (χ4v) is 3.52. The Labute approximate surface area is 122 Å². The summed E-state index contributed by atoms with van der Waals surface area (Å²) in [4.78, 5) is 14.3. The fourth-order valence-electron chi connectivity index (χ4n) is 3.52. The summed E-state index contributed by atoms with van der Waals surface area (Å²) in [6.07, 6.45) is 8.48. The van der Waals surface area contributed by atoms with Gasteiger partial charge in [-0.2, -0.15) is 0 Å². The SMILES string of the molecule is CCOC(=O)CC(CC1CCCCC1)N1CCOCC1. The van der Waals surface area contributed by atoms with Gasteiger partial charge in [0, 0.05) is 19.1 Å². The number of esters is 1. The number of carbonyl (C=O) groups is 1. The lowest BCUT2D eigenvalue weighted by Crippen LogP contribution is -2.45. The maximum absolute atomic E-state index is 11.9. The maximum Gasteiger partial charge on any atom is 0.307 e. The van der Waals surface area contributed by atoms with Crippen molar-refractivity contribution in [1.29, 1.82) is 0 Å². The van der Waals surface area contributed by atoms with E-state index in [2.05, 4.69) is 4.90 Å². The average molecular weight is 283 g/mol. The van der Waals surface area contributed by atoms with Crippen LogP contribution in [-0.2, 0) is 14.3 Å². The van der Waals surface area contributed by atoms with E-state index in [0.717, 1.165) is 38.6 Å². The first-order valence-electron chi connectivity index (χ1n) is 8.27. The third-order valence-electron chi connectivity index (χ3n) is 4.60. The molecule has 0 spiro atoms. The molecule has 0 N–H and O–H groups in total. The Bertz CT molecular complexity index is 283. The molecule has 1 atom stereocenters. The Kier molecular flexibility index (Phi) is 6.80. The van der Waals surface area contributed by atoms with Crippen LogP contribution in [0.2, 0.25) is 0 Å². The number of morpholine rings is 1. The number of ether oxygens (including phenoxy) is 2. The molecule has 4 heteroatoms. The number of nitrogens with zero attached hydrogens (tertiary/aromatic N) is 1. The smallest absolute Gasteiger partial charge is 0.307 e. The lowest BCUT2D eigenvalue weighted by molar-refractivity contribution is -0.145. The summed E-state index contributed by atoms with van der Waals surface area (Å²) in [6, 6.07) is 0.348. The molecule has 20 heavy (non-hydrogen) atoms. The third kappa shape index (κ3) is 5.06. The first kappa shape index (κ1) is 15.8. The Morgan fingerprint density at radius 2 is 1.95 bits per heavy atom. The summed E-state index contributed by atoms with van der Waals surface area (Å²) in [5.74, 6) is 0.755. The molecule has 4 nitrogen and oxygen atoms in total. The monoisotopic (exact) mass is 283 g/mol. The highest BCUT2D eigenvalue weighted by atomic mass is 16.5. The second kappa shape index (κ2) is 8.63. The van der Waals surface area contributed by atoms with E-state index in [0.29, 0.717) is 19.1 Å². The minimum Gasteiger partial charge on any atom is -0.466 e.